The summed E-state index contributed by atoms with van der Waals surface area (Å²) in [4.78, 5) is 5.38. The van der Waals surface area contributed by atoms with Crippen LogP contribution in [0.1, 0.15) is 187 Å². The molecule has 0 aromatic heterocycles. The van der Waals surface area contributed by atoms with Gasteiger partial charge in [-0.3, -0.25) is 0 Å². The Hall–Kier alpha value is -4.24. The molecule has 0 N–H and O–H groups in total. The van der Waals surface area contributed by atoms with Crippen LogP contribution in [0, 0.1) is 6.92 Å². The molecule has 62 heavy (non-hydrogen) atoms. The fourth-order valence-electron chi connectivity index (χ4n) is 12.6. The first-order valence-electron chi connectivity index (χ1n) is 24.1. The lowest BCUT2D eigenvalue weighted by molar-refractivity contribution is 0.332. The maximum atomic E-state index is 2.72. The van der Waals surface area contributed by atoms with Crippen LogP contribution >= 0.6 is 0 Å². The molecule has 5 aromatic rings. The number of hydrogen-bond acceptors (Lipinski definition) is 2. The molecule has 0 amide bonds. The van der Waals surface area contributed by atoms with Crippen LogP contribution in [0.3, 0.4) is 0 Å². The predicted octanol–water partition coefficient (Wildman–Crippen LogP) is 14.4. The van der Waals surface area contributed by atoms with Gasteiger partial charge in [-0.05, 0) is 193 Å². The fourth-order valence-corrected chi connectivity index (χ4v) is 12.6. The van der Waals surface area contributed by atoms with E-state index in [0.717, 1.165) is 0 Å². The van der Waals surface area contributed by atoms with Crippen molar-refractivity contribution < 1.29 is 0 Å². The third-order valence-corrected chi connectivity index (χ3v) is 17.2. The molecule has 0 atom stereocenters. The standard InChI is InChI=1S/C59H73BN2/c1-36-29-50-52-51(30-36)62(39-21-22-40-41(31-39)55(7,8)24-23-54(40,5)6)49-35-45-43(57(11,12)26-28-59(45,15)16)33-47(49)60(52)46-32-42-44(58(13,14)27-25-56(42,9)10)34-48(46)61(50)38-19-17-37(18-20-38)53(2,3)4/h17-22,29-35H,23-28H2,1-16H3. The van der Waals surface area contributed by atoms with Gasteiger partial charge >= 0.3 is 0 Å². The number of hydrogen-bond donors (Lipinski definition) is 0. The first-order chi connectivity index (χ1) is 28.7. The molecule has 0 fully saturated rings. The van der Waals surface area contributed by atoms with Crippen LogP contribution in [0.4, 0.5) is 34.1 Å². The van der Waals surface area contributed by atoms with E-state index in [1.807, 2.05) is 0 Å². The van der Waals surface area contributed by atoms with Crippen molar-refractivity contribution in [3.8, 4) is 0 Å². The summed E-state index contributed by atoms with van der Waals surface area (Å²) >= 11 is 0. The number of aryl methyl sites for hydroxylation is 1. The van der Waals surface area contributed by atoms with Crippen molar-refractivity contribution in [2.24, 2.45) is 0 Å². The Morgan fingerprint density at radius 1 is 0.403 bits per heavy atom. The van der Waals surface area contributed by atoms with Crippen LogP contribution in [0.15, 0.2) is 78.9 Å². The van der Waals surface area contributed by atoms with E-state index < -0.39 is 0 Å². The highest BCUT2D eigenvalue weighted by atomic mass is 15.2. The highest BCUT2D eigenvalue weighted by Crippen LogP contribution is 2.54. The summed E-state index contributed by atoms with van der Waals surface area (Å²) in [5.74, 6) is 0. The Bertz CT molecular complexity index is 2690. The van der Waals surface area contributed by atoms with Gasteiger partial charge in [0.15, 0.2) is 0 Å². The summed E-state index contributed by atoms with van der Waals surface area (Å²) in [6.07, 6.45) is 7.19. The topological polar surface area (TPSA) is 6.48 Å². The van der Waals surface area contributed by atoms with Crippen molar-refractivity contribution in [1.82, 2.24) is 0 Å². The Morgan fingerprint density at radius 2 is 0.758 bits per heavy atom. The van der Waals surface area contributed by atoms with E-state index in [2.05, 4.69) is 199 Å². The van der Waals surface area contributed by atoms with Crippen LogP contribution in [-0.2, 0) is 37.9 Å². The first-order valence-corrected chi connectivity index (χ1v) is 24.1. The molecule has 0 bridgehead atoms. The Kier molecular flexibility index (Phi) is 8.72. The molecule has 2 heterocycles. The van der Waals surface area contributed by atoms with Gasteiger partial charge in [-0.1, -0.05) is 134 Å². The summed E-state index contributed by atoms with van der Waals surface area (Å²) in [7, 11) is 0. The normalized spacial score (nSPS) is 21.5. The number of fused-ring (bicyclic) bond motifs is 7. The van der Waals surface area contributed by atoms with E-state index in [1.165, 1.54) is 128 Å². The van der Waals surface area contributed by atoms with Crippen molar-refractivity contribution >= 4 is 57.2 Å². The smallest absolute Gasteiger partial charge is 0.252 e. The summed E-state index contributed by atoms with van der Waals surface area (Å²) in [6, 6.07) is 32.9. The highest BCUT2D eigenvalue weighted by Gasteiger charge is 2.49. The molecule has 3 heteroatoms. The Balaban J connectivity index is 1.33. The minimum absolute atomic E-state index is 0.0744. The summed E-state index contributed by atoms with van der Waals surface area (Å²) in [5, 5.41) is 0. The highest BCUT2D eigenvalue weighted by molar-refractivity contribution is 7.00. The number of benzene rings is 5. The summed E-state index contributed by atoms with van der Waals surface area (Å²) < 4.78 is 0. The van der Waals surface area contributed by atoms with Crippen LogP contribution in [0.5, 0.6) is 0 Å². The van der Waals surface area contributed by atoms with E-state index in [0.29, 0.717) is 0 Å². The van der Waals surface area contributed by atoms with Gasteiger partial charge in [0.05, 0.1) is 0 Å². The minimum atomic E-state index is 0.0744. The van der Waals surface area contributed by atoms with E-state index in [-0.39, 0.29) is 44.6 Å². The van der Waals surface area contributed by atoms with Gasteiger partial charge in [-0.25, -0.2) is 0 Å². The van der Waals surface area contributed by atoms with Crippen molar-refractivity contribution in [3.05, 3.63) is 123 Å². The SMILES string of the molecule is Cc1cc2c3c(c1)N(c1ccc4c(c1)C(C)(C)CCC4(C)C)c1cc4c(cc1B3c1cc3c(cc1N2c1ccc(C(C)(C)C)cc1)C(C)(C)CCC3(C)C)C(C)(C)CCC4(C)C. The van der Waals surface area contributed by atoms with Crippen LogP contribution in [0.2, 0.25) is 0 Å². The molecule has 0 saturated carbocycles. The van der Waals surface area contributed by atoms with Gasteiger partial charge in [0, 0.05) is 34.1 Å². The predicted molar refractivity (Wildman–Crippen MR) is 270 cm³/mol. The van der Waals surface area contributed by atoms with E-state index in [9.17, 15) is 0 Å². The maximum absolute atomic E-state index is 2.72. The van der Waals surface area contributed by atoms with Crippen LogP contribution in [0.25, 0.3) is 0 Å². The van der Waals surface area contributed by atoms with Gasteiger partial charge in [-0.2, -0.15) is 0 Å². The molecular weight excluding hydrogens is 747 g/mol. The molecule has 322 valence electrons. The number of anilines is 6. The average molecular weight is 821 g/mol. The molecule has 3 aliphatic carbocycles. The first kappa shape index (κ1) is 41.8. The number of nitrogens with zero attached hydrogens (tertiary/aromatic N) is 2. The molecule has 0 spiro atoms. The second-order valence-electron chi connectivity index (χ2n) is 25.6. The molecule has 5 aromatic carbocycles. The zero-order valence-corrected chi connectivity index (χ0v) is 41.2. The zero-order chi connectivity index (χ0) is 44.5. The summed E-state index contributed by atoms with van der Waals surface area (Å²) in [6.45, 7) is 39.2. The van der Waals surface area contributed by atoms with Crippen molar-refractivity contribution in [2.75, 3.05) is 9.80 Å². The molecule has 0 radical (unpaired) electrons. The largest absolute Gasteiger partial charge is 0.311 e. The molecule has 0 unspecified atom stereocenters. The zero-order valence-electron chi connectivity index (χ0n) is 41.2. The van der Waals surface area contributed by atoms with Gasteiger partial charge in [0.2, 0.25) is 0 Å². The van der Waals surface area contributed by atoms with E-state index in [1.54, 1.807) is 5.56 Å². The minimum Gasteiger partial charge on any atom is -0.311 e. The fraction of sp³-hybridized carbons (Fsp3) is 0.492. The van der Waals surface area contributed by atoms with Gasteiger partial charge in [0.1, 0.15) is 0 Å². The van der Waals surface area contributed by atoms with Gasteiger partial charge in [0.25, 0.3) is 6.71 Å². The quantitative estimate of drug-likeness (QED) is 0.160. The van der Waals surface area contributed by atoms with Crippen LogP contribution < -0.4 is 26.2 Å². The van der Waals surface area contributed by atoms with Crippen molar-refractivity contribution in [3.63, 3.8) is 0 Å². The Labute approximate surface area is 376 Å². The van der Waals surface area contributed by atoms with Gasteiger partial charge in [-0.15, -0.1) is 0 Å². The third-order valence-electron chi connectivity index (χ3n) is 17.2. The molecular formula is C59H73BN2. The van der Waals surface area contributed by atoms with E-state index in [4.69, 9.17) is 0 Å². The lowest BCUT2D eigenvalue weighted by atomic mass is 9.32. The molecule has 0 saturated heterocycles. The van der Waals surface area contributed by atoms with Crippen LogP contribution in [-0.4, -0.2) is 6.71 Å². The van der Waals surface area contributed by atoms with Crippen molar-refractivity contribution in [1.29, 1.82) is 0 Å². The van der Waals surface area contributed by atoms with E-state index >= 15 is 0 Å². The molecule has 2 nitrogen and oxygen atoms in total. The molecule has 2 aliphatic heterocycles. The second-order valence-corrected chi connectivity index (χ2v) is 25.6. The number of rotatable bonds is 2. The lowest BCUT2D eigenvalue weighted by Gasteiger charge is -2.49. The molecule has 10 rings (SSSR count). The Morgan fingerprint density at radius 3 is 1.18 bits per heavy atom. The van der Waals surface area contributed by atoms with Gasteiger partial charge < -0.3 is 9.80 Å². The maximum Gasteiger partial charge on any atom is 0.252 e. The monoisotopic (exact) mass is 821 g/mol. The lowest BCUT2D eigenvalue weighted by Crippen LogP contribution is -2.62. The van der Waals surface area contributed by atoms with Crippen molar-refractivity contribution in [2.45, 2.75) is 187 Å². The second kappa shape index (κ2) is 12.9. The molecule has 5 aliphatic rings. The summed E-state index contributed by atoms with van der Waals surface area (Å²) in [5.41, 5.74) is 24.7. The third kappa shape index (κ3) is 6.09. The average Bonchev–Trinajstić information content (AvgIpc) is 3.19.